The zero-order valence-corrected chi connectivity index (χ0v) is 12.0. The van der Waals surface area contributed by atoms with Crippen molar-refractivity contribution in [3.05, 3.63) is 46.7 Å². The van der Waals surface area contributed by atoms with Gasteiger partial charge in [0.05, 0.1) is 18.2 Å². The number of ether oxygens (including phenoxy) is 1. The number of carbonyl (C=O) groups excluding carboxylic acids is 1. The Kier molecular flexibility index (Phi) is 4.14. The summed E-state index contributed by atoms with van der Waals surface area (Å²) in [6.45, 7) is 1.43. The first-order valence-electron chi connectivity index (χ1n) is 6.85. The van der Waals surface area contributed by atoms with Crippen LogP contribution in [0, 0.1) is 0 Å². The number of hydrogen-bond donors (Lipinski definition) is 1. The molecule has 3 nitrogen and oxygen atoms in total. The van der Waals surface area contributed by atoms with Gasteiger partial charge in [-0.15, -0.1) is 0 Å². The van der Waals surface area contributed by atoms with E-state index in [1.807, 2.05) is 41.1 Å². The van der Waals surface area contributed by atoms with Crippen LogP contribution in [-0.2, 0) is 4.74 Å². The highest BCUT2D eigenvalue weighted by Gasteiger charge is 2.19. The fourth-order valence-corrected chi connectivity index (χ4v) is 3.27. The van der Waals surface area contributed by atoms with Gasteiger partial charge in [0.15, 0.2) is 0 Å². The Hall–Kier alpha value is -1.65. The number of hydrogen-bond acceptors (Lipinski definition) is 3. The van der Waals surface area contributed by atoms with E-state index in [9.17, 15) is 4.79 Å². The fraction of sp³-hybridized carbons (Fsp3) is 0.312. The van der Waals surface area contributed by atoms with Crippen LogP contribution in [0.5, 0.6) is 0 Å². The maximum Gasteiger partial charge on any atom is 0.253 e. The zero-order valence-electron chi connectivity index (χ0n) is 11.2. The summed E-state index contributed by atoms with van der Waals surface area (Å²) in [5.74, 6) is 0.000558. The van der Waals surface area contributed by atoms with Gasteiger partial charge in [-0.25, -0.2) is 0 Å². The average molecular weight is 287 g/mol. The van der Waals surface area contributed by atoms with E-state index in [-0.39, 0.29) is 11.9 Å². The van der Waals surface area contributed by atoms with Crippen LogP contribution in [0.2, 0.25) is 0 Å². The molecule has 2 heterocycles. The van der Waals surface area contributed by atoms with E-state index >= 15 is 0 Å². The highest BCUT2D eigenvalue weighted by atomic mass is 32.1. The Morgan fingerprint density at radius 3 is 2.85 bits per heavy atom. The molecule has 0 spiro atoms. The van der Waals surface area contributed by atoms with Crippen molar-refractivity contribution in [1.29, 1.82) is 0 Å². The van der Waals surface area contributed by atoms with E-state index in [0.29, 0.717) is 6.61 Å². The highest BCUT2D eigenvalue weighted by molar-refractivity contribution is 7.08. The van der Waals surface area contributed by atoms with Crippen molar-refractivity contribution < 1.29 is 9.53 Å². The van der Waals surface area contributed by atoms with Crippen molar-refractivity contribution in [3.8, 4) is 11.1 Å². The Morgan fingerprint density at radius 1 is 1.25 bits per heavy atom. The van der Waals surface area contributed by atoms with Gasteiger partial charge < -0.3 is 10.1 Å². The third kappa shape index (κ3) is 2.92. The maximum atomic E-state index is 12.4. The van der Waals surface area contributed by atoms with Gasteiger partial charge in [0, 0.05) is 17.6 Å². The Morgan fingerprint density at radius 2 is 2.10 bits per heavy atom. The highest BCUT2D eigenvalue weighted by Crippen LogP contribution is 2.27. The summed E-state index contributed by atoms with van der Waals surface area (Å²) in [5.41, 5.74) is 2.84. The molecule has 104 valence electrons. The quantitative estimate of drug-likeness (QED) is 0.940. The van der Waals surface area contributed by atoms with Crippen molar-refractivity contribution in [2.24, 2.45) is 0 Å². The third-order valence-corrected chi connectivity index (χ3v) is 4.23. The second kappa shape index (κ2) is 6.20. The van der Waals surface area contributed by atoms with E-state index in [1.54, 1.807) is 11.3 Å². The second-order valence-electron chi connectivity index (χ2n) is 4.95. The van der Waals surface area contributed by atoms with Crippen LogP contribution in [0.25, 0.3) is 11.1 Å². The molecule has 0 saturated carbocycles. The lowest BCUT2D eigenvalue weighted by Gasteiger charge is -2.23. The van der Waals surface area contributed by atoms with Gasteiger partial charge in [0.2, 0.25) is 0 Å². The Bertz CT molecular complexity index is 573. The normalized spacial score (nSPS) is 18.7. The van der Waals surface area contributed by atoms with Crippen molar-refractivity contribution in [1.82, 2.24) is 5.32 Å². The fourth-order valence-electron chi connectivity index (χ4n) is 2.43. The predicted octanol–water partition coefficient (Wildman–Crippen LogP) is 3.32. The van der Waals surface area contributed by atoms with E-state index in [4.69, 9.17) is 4.74 Å². The minimum atomic E-state index is 0.000558. The largest absolute Gasteiger partial charge is 0.379 e. The van der Waals surface area contributed by atoms with Crippen LogP contribution in [0.15, 0.2) is 41.1 Å². The molecule has 0 radical (unpaired) electrons. The molecule has 1 amide bonds. The van der Waals surface area contributed by atoms with Crippen LogP contribution in [0.4, 0.5) is 0 Å². The lowest BCUT2D eigenvalue weighted by atomic mass is 10.0. The summed E-state index contributed by atoms with van der Waals surface area (Å²) in [5, 5.41) is 7.02. The van der Waals surface area contributed by atoms with Crippen molar-refractivity contribution >= 4 is 17.2 Å². The topological polar surface area (TPSA) is 38.3 Å². The molecule has 0 aliphatic carbocycles. The molecule has 1 aliphatic heterocycles. The van der Waals surface area contributed by atoms with Gasteiger partial charge >= 0.3 is 0 Å². The van der Waals surface area contributed by atoms with Gasteiger partial charge in [-0.3, -0.25) is 4.79 Å². The SMILES string of the molecule is O=C(N[C@@H]1CCCOC1)c1cscc1-c1ccccc1. The molecule has 1 N–H and O–H groups in total. The summed E-state index contributed by atoms with van der Waals surface area (Å²) in [6.07, 6.45) is 2.01. The summed E-state index contributed by atoms with van der Waals surface area (Å²) in [6, 6.07) is 10.2. The summed E-state index contributed by atoms with van der Waals surface area (Å²) in [7, 11) is 0. The molecule has 4 heteroatoms. The van der Waals surface area contributed by atoms with E-state index in [1.165, 1.54) is 0 Å². The van der Waals surface area contributed by atoms with Gasteiger partial charge in [-0.2, -0.15) is 11.3 Å². The van der Waals surface area contributed by atoms with Crippen molar-refractivity contribution in [2.45, 2.75) is 18.9 Å². The number of rotatable bonds is 3. The Balaban J connectivity index is 1.77. The predicted molar refractivity (Wildman–Crippen MR) is 81.1 cm³/mol. The molecule has 0 unspecified atom stereocenters. The molecule has 1 aromatic carbocycles. The van der Waals surface area contributed by atoms with Crippen LogP contribution < -0.4 is 5.32 Å². The lowest BCUT2D eigenvalue weighted by Crippen LogP contribution is -2.40. The molecule has 1 saturated heterocycles. The van der Waals surface area contributed by atoms with Gasteiger partial charge in [0.25, 0.3) is 5.91 Å². The molecule has 20 heavy (non-hydrogen) atoms. The first kappa shape index (κ1) is 13.3. The smallest absolute Gasteiger partial charge is 0.253 e. The molecule has 2 aromatic rings. The molecular weight excluding hydrogens is 270 g/mol. The van der Waals surface area contributed by atoms with Crippen molar-refractivity contribution in [2.75, 3.05) is 13.2 Å². The second-order valence-corrected chi connectivity index (χ2v) is 5.70. The standard InChI is InChI=1S/C16H17NO2S/c18-16(17-13-7-4-8-19-9-13)15-11-20-10-14(15)12-5-2-1-3-6-12/h1-3,5-6,10-11,13H,4,7-9H2,(H,17,18)/t13-/m1/s1. The number of carbonyl (C=O) groups is 1. The monoisotopic (exact) mass is 287 g/mol. The zero-order chi connectivity index (χ0) is 13.8. The minimum absolute atomic E-state index is 0.000558. The maximum absolute atomic E-state index is 12.4. The number of amides is 1. The van der Waals surface area contributed by atoms with Crippen LogP contribution in [-0.4, -0.2) is 25.2 Å². The third-order valence-electron chi connectivity index (χ3n) is 3.49. The molecule has 0 bridgehead atoms. The molecule has 3 rings (SSSR count). The molecular formula is C16H17NO2S. The number of benzene rings is 1. The van der Waals surface area contributed by atoms with Crippen LogP contribution in [0.3, 0.4) is 0 Å². The van der Waals surface area contributed by atoms with Crippen LogP contribution in [0.1, 0.15) is 23.2 Å². The minimum Gasteiger partial charge on any atom is -0.379 e. The summed E-state index contributed by atoms with van der Waals surface area (Å²) in [4.78, 5) is 12.4. The Labute approximate surface area is 122 Å². The van der Waals surface area contributed by atoms with E-state index in [0.717, 1.165) is 36.1 Å². The lowest BCUT2D eigenvalue weighted by molar-refractivity contribution is 0.0624. The average Bonchev–Trinajstić information content (AvgIpc) is 2.99. The van der Waals surface area contributed by atoms with Gasteiger partial charge in [-0.1, -0.05) is 30.3 Å². The van der Waals surface area contributed by atoms with E-state index in [2.05, 4.69) is 5.32 Å². The van der Waals surface area contributed by atoms with Crippen LogP contribution >= 0.6 is 11.3 Å². The van der Waals surface area contributed by atoms with Crippen molar-refractivity contribution in [3.63, 3.8) is 0 Å². The first-order valence-corrected chi connectivity index (χ1v) is 7.79. The first-order chi connectivity index (χ1) is 9.84. The van der Waals surface area contributed by atoms with Gasteiger partial charge in [0.1, 0.15) is 0 Å². The number of thiophene rings is 1. The molecule has 1 atom stereocenters. The summed E-state index contributed by atoms with van der Waals surface area (Å²) >= 11 is 1.56. The molecule has 1 aromatic heterocycles. The van der Waals surface area contributed by atoms with E-state index < -0.39 is 0 Å². The summed E-state index contributed by atoms with van der Waals surface area (Å²) < 4.78 is 5.40. The molecule has 1 fully saturated rings. The number of nitrogens with one attached hydrogen (secondary N) is 1. The van der Waals surface area contributed by atoms with Gasteiger partial charge in [-0.05, 0) is 23.8 Å². The molecule has 1 aliphatic rings.